The van der Waals surface area contributed by atoms with E-state index in [1.807, 2.05) is 75.6 Å². The zero-order valence-electron chi connectivity index (χ0n) is 55.0. The Hall–Kier alpha value is -5.68. The van der Waals surface area contributed by atoms with Crippen molar-refractivity contribution in [1.82, 2.24) is 20.4 Å². The average molecular weight is 1290 g/mol. The maximum Gasteiger partial charge on any atom is 0.410 e. The minimum atomic E-state index is -0.465. The van der Waals surface area contributed by atoms with Gasteiger partial charge < -0.3 is 67.8 Å². The number of nitrogens with one attached hydrogen (secondary N) is 2. The summed E-state index contributed by atoms with van der Waals surface area (Å²) >= 11 is 0. The molecule has 16 nitrogen and oxygen atoms in total. The first kappa shape index (κ1) is 75.0. The lowest BCUT2D eigenvalue weighted by Gasteiger charge is -2.44. The number of nitrogens with zero attached hydrogens (tertiary/aromatic N) is 2. The number of hydrogen-bond acceptors (Lipinski definition) is 14. The van der Waals surface area contributed by atoms with Gasteiger partial charge in [-0.2, -0.15) is 0 Å². The van der Waals surface area contributed by atoms with Crippen molar-refractivity contribution in [1.29, 1.82) is 0 Å². The molecule has 2 N–H and O–H groups in total. The third-order valence-corrected chi connectivity index (χ3v) is 19.1. The molecule has 18 heteroatoms. The molecule has 0 unspecified atom stereocenters. The van der Waals surface area contributed by atoms with Gasteiger partial charge in [-0.15, -0.1) is 24.8 Å². The van der Waals surface area contributed by atoms with E-state index < -0.39 is 11.2 Å². The molecule has 4 aliphatic carbocycles. The minimum absolute atomic E-state index is 0. The van der Waals surface area contributed by atoms with Crippen LogP contribution in [0.25, 0.3) is 0 Å². The van der Waals surface area contributed by atoms with Crippen molar-refractivity contribution in [2.45, 2.75) is 194 Å². The summed E-state index contributed by atoms with van der Waals surface area (Å²) in [4.78, 5) is 29.2. The van der Waals surface area contributed by atoms with Crippen molar-refractivity contribution >= 4 is 37.0 Å². The number of halogens is 2. The third-order valence-electron chi connectivity index (χ3n) is 19.1. The Bertz CT molecular complexity index is 2790. The lowest BCUT2D eigenvalue weighted by Crippen LogP contribution is -2.53. The van der Waals surface area contributed by atoms with Gasteiger partial charge in [-0.3, -0.25) is 0 Å². The summed E-state index contributed by atoms with van der Waals surface area (Å²) in [5.74, 6) is 9.23. The van der Waals surface area contributed by atoms with Crippen LogP contribution in [0.1, 0.15) is 152 Å². The van der Waals surface area contributed by atoms with Crippen LogP contribution in [0.3, 0.4) is 0 Å². The molecule has 0 saturated carbocycles. The first-order valence-corrected chi connectivity index (χ1v) is 31.7. The van der Waals surface area contributed by atoms with Crippen LogP contribution in [0.5, 0.6) is 46.0 Å². The zero-order chi connectivity index (χ0) is 61.5. The second-order valence-electron chi connectivity index (χ2n) is 26.6. The summed E-state index contributed by atoms with van der Waals surface area (Å²) in [6, 6.07) is 18.3. The predicted molar refractivity (Wildman–Crippen MR) is 364 cm³/mol. The molecule has 0 radical (unpaired) electrons. The van der Waals surface area contributed by atoms with E-state index in [1.165, 1.54) is 83.3 Å². The number of fused-ring (bicyclic) bond motifs is 8. The summed E-state index contributed by atoms with van der Waals surface area (Å²) in [5, 5.41) is 7.31. The first-order chi connectivity index (χ1) is 41.3. The van der Waals surface area contributed by atoms with Crippen LogP contribution < -0.4 is 48.5 Å². The molecule has 4 aliphatic heterocycles. The van der Waals surface area contributed by atoms with Crippen molar-refractivity contribution in [3.05, 3.63) is 93.0 Å². The number of amides is 2. The number of methoxy groups -OCH3 is 8. The maximum absolute atomic E-state index is 12.7. The average Bonchev–Trinajstić information content (AvgIpc) is 0.852. The number of carbonyl (C=O) groups excluding carboxylic acids is 2. The van der Waals surface area contributed by atoms with Crippen molar-refractivity contribution in [2.75, 3.05) is 83.1 Å². The molecule has 8 aliphatic rings. The van der Waals surface area contributed by atoms with Crippen LogP contribution in [-0.4, -0.2) is 140 Å². The van der Waals surface area contributed by atoms with Crippen LogP contribution in [0.2, 0.25) is 0 Å². The molecule has 12 rings (SSSR count). The van der Waals surface area contributed by atoms with E-state index in [0.717, 1.165) is 148 Å². The highest BCUT2D eigenvalue weighted by Gasteiger charge is 2.43. The van der Waals surface area contributed by atoms with Gasteiger partial charge in [-0.25, -0.2) is 9.59 Å². The minimum Gasteiger partial charge on any atom is -0.493 e. The molecule has 4 aromatic rings. The summed E-state index contributed by atoms with van der Waals surface area (Å²) in [6.07, 6.45) is 17.2. The largest absolute Gasteiger partial charge is 0.493 e. The van der Waals surface area contributed by atoms with Gasteiger partial charge in [-0.05, 0) is 228 Å². The topological polar surface area (TPSA) is 157 Å². The number of ether oxygens (including phenoxy) is 10. The summed E-state index contributed by atoms with van der Waals surface area (Å²) in [6.45, 7) is 15.4. The predicted octanol–water partition coefficient (Wildman–Crippen LogP) is 14.1. The van der Waals surface area contributed by atoms with E-state index in [-0.39, 0.29) is 63.9 Å². The third kappa shape index (κ3) is 17.1. The van der Waals surface area contributed by atoms with Gasteiger partial charge in [0.1, 0.15) is 11.2 Å². The highest BCUT2D eigenvalue weighted by Crippen LogP contribution is 2.46. The Balaban J connectivity index is 0.000000217. The zero-order valence-corrected chi connectivity index (χ0v) is 56.6. The molecule has 0 bridgehead atoms. The van der Waals surface area contributed by atoms with Crippen LogP contribution in [-0.2, 0) is 60.8 Å². The maximum atomic E-state index is 12.7. The number of carbonyl (C=O) groups is 2. The standard InChI is InChI=1S/2C20H29NO4.2C15H21NO2.2CH4.2ClH/c2*1-20(2,3)25-19(22)21-10-6-7-14-11-15-13(12-16(14)21)8-9-17(23-4)18(15)24-5;2*1-17-14-6-5-10-9-13-11(4-3-7-16-13)8-12(10)15(14)18-2;;;;/h2*8-9,14,16H,6-7,10-12H2,1-5H3;2*5-6,11,13,16H,3-4,7-9H2,1-2H3;2*1H4;2*1H/t2*14-,16-;2*11-,13-;;;;/m1010..../s1. The molecule has 4 saturated heterocycles. The second-order valence-corrected chi connectivity index (χ2v) is 26.6. The number of likely N-dealkylation sites (tertiary alicyclic amines) is 2. The molecule has 4 fully saturated rings. The molecule has 4 heterocycles. The molecule has 0 spiro atoms. The number of hydrogen-bond donors (Lipinski definition) is 2. The van der Waals surface area contributed by atoms with E-state index in [1.54, 1.807) is 56.9 Å². The number of benzene rings is 4. The first-order valence-electron chi connectivity index (χ1n) is 31.7. The van der Waals surface area contributed by atoms with E-state index in [4.69, 9.17) is 47.4 Å². The Kier molecular flexibility index (Phi) is 27.7. The smallest absolute Gasteiger partial charge is 0.410 e. The summed E-state index contributed by atoms with van der Waals surface area (Å²) < 4.78 is 55.3. The number of piperidine rings is 4. The lowest BCUT2D eigenvalue weighted by molar-refractivity contribution is -0.00234. The van der Waals surface area contributed by atoms with Crippen LogP contribution >= 0.6 is 24.8 Å². The molecule has 90 heavy (non-hydrogen) atoms. The van der Waals surface area contributed by atoms with Gasteiger partial charge in [0.05, 0.1) is 56.9 Å². The van der Waals surface area contributed by atoms with Crippen molar-refractivity contribution in [3.63, 3.8) is 0 Å². The van der Waals surface area contributed by atoms with Crippen molar-refractivity contribution < 1.29 is 57.0 Å². The fourth-order valence-corrected chi connectivity index (χ4v) is 15.2. The lowest BCUT2D eigenvalue weighted by atomic mass is 9.75. The van der Waals surface area contributed by atoms with Crippen LogP contribution in [0.4, 0.5) is 9.59 Å². The van der Waals surface area contributed by atoms with Gasteiger partial charge >= 0.3 is 12.2 Å². The Morgan fingerprint density at radius 1 is 0.389 bits per heavy atom. The van der Waals surface area contributed by atoms with Crippen LogP contribution in [0, 0.1) is 23.7 Å². The summed E-state index contributed by atoms with van der Waals surface area (Å²) in [5.41, 5.74) is 9.59. The van der Waals surface area contributed by atoms with E-state index in [0.29, 0.717) is 23.9 Å². The number of rotatable bonds is 8. The fraction of sp³-hybridized carbons (Fsp3) is 0.639. The van der Waals surface area contributed by atoms with Crippen molar-refractivity contribution in [3.8, 4) is 46.0 Å². The monoisotopic (exact) mass is 1290 g/mol. The molecule has 0 aromatic heterocycles. The quantitative estimate of drug-likeness (QED) is 0.172. The Labute approximate surface area is 551 Å². The summed E-state index contributed by atoms with van der Waals surface area (Å²) in [7, 11) is 13.6. The van der Waals surface area contributed by atoms with Gasteiger partial charge in [-0.1, -0.05) is 39.1 Å². The van der Waals surface area contributed by atoms with Crippen molar-refractivity contribution in [2.24, 2.45) is 23.7 Å². The SMILES string of the molecule is C.C.COc1ccc2c(c1OC)C[C@@H]1CCCN(C(=O)OC(C)(C)C)[C@H]1C2.COc1ccc2c(c1OC)C[C@@H]1CCCN[C@H]1C2.COc1ccc2c(c1OC)C[C@H]1CCCN(C(=O)OC(C)(C)C)[C@@H]1C2.COc1ccc2c(c1OC)C[C@H]1CCCN[C@@H]1C2.Cl.Cl. The Morgan fingerprint density at radius 2 is 0.667 bits per heavy atom. The molecule has 8 atom stereocenters. The molecular weight excluding hydrogens is 1180 g/mol. The molecular formula is C72H110Cl2N4O12. The van der Waals surface area contributed by atoms with Gasteiger partial charge in [0.2, 0.25) is 0 Å². The normalized spacial score (nSPS) is 23.0. The van der Waals surface area contributed by atoms with Crippen LogP contribution in [0.15, 0.2) is 48.5 Å². The fourth-order valence-electron chi connectivity index (χ4n) is 15.2. The highest BCUT2D eigenvalue weighted by atomic mass is 35.5. The molecule has 2 amide bonds. The van der Waals surface area contributed by atoms with E-state index in [9.17, 15) is 9.59 Å². The van der Waals surface area contributed by atoms with E-state index in [2.05, 4.69) is 34.9 Å². The van der Waals surface area contributed by atoms with E-state index >= 15 is 0 Å². The molecule has 4 aromatic carbocycles. The van der Waals surface area contributed by atoms with Gasteiger partial charge in [0.15, 0.2) is 46.0 Å². The Morgan fingerprint density at radius 3 is 0.944 bits per heavy atom. The second kappa shape index (κ2) is 33.2. The van der Waals surface area contributed by atoms with Gasteiger partial charge in [0.25, 0.3) is 0 Å². The highest BCUT2D eigenvalue weighted by molar-refractivity contribution is 5.85. The molecule has 504 valence electrons. The van der Waals surface area contributed by atoms with Gasteiger partial charge in [0, 0.05) is 59.5 Å².